The Morgan fingerprint density at radius 1 is 1.43 bits per heavy atom. The summed E-state index contributed by atoms with van der Waals surface area (Å²) >= 11 is 0. The number of esters is 1. The summed E-state index contributed by atoms with van der Waals surface area (Å²) in [5.41, 5.74) is 0. The molecular weight excluding hydrogens is 184 g/mol. The highest BCUT2D eigenvalue weighted by Crippen LogP contribution is 2.04. The molecule has 82 valence electrons. The van der Waals surface area contributed by atoms with Crippen LogP contribution >= 0.6 is 0 Å². The normalized spacial score (nSPS) is 11.9. The zero-order valence-electron chi connectivity index (χ0n) is 9.04. The number of carbonyl (C=O) groups excluding carboxylic acids is 1. The molecule has 1 unspecified atom stereocenters. The van der Waals surface area contributed by atoms with Gasteiger partial charge in [0.1, 0.15) is 0 Å². The molecule has 0 aliphatic rings. The van der Waals surface area contributed by atoms with E-state index in [4.69, 9.17) is 14.2 Å². The van der Waals surface area contributed by atoms with Gasteiger partial charge in [0.05, 0.1) is 6.61 Å². The topological polar surface area (TPSA) is 44.8 Å². The number of hydrogen-bond acceptors (Lipinski definition) is 4. The molecule has 0 aromatic carbocycles. The summed E-state index contributed by atoms with van der Waals surface area (Å²) in [6.45, 7) is 9.82. The van der Waals surface area contributed by atoms with Crippen molar-refractivity contribution >= 4 is 5.97 Å². The van der Waals surface area contributed by atoms with E-state index in [9.17, 15) is 4.79 Å². The van der Waals surface area contributed by atoms with Crippen molar-refractivity contribution in [3.63, 3.8) is 0 Å². The van der Waals surface area contributed by atoms with Gasteiger partial charge in [0.2, 0.25) is 0 Å². The largest absolute Gasteiger partial charge is 0.460 e. The molecule has 4 heteroatoms. The van der Waals surface area contributed by atoms with Gasteiger partial charge in [-0.1, -0.05) is 6.92 Å². The van der Waals surface area contributed by atoms with Crippen LogP contribution in [0.15, 0.2) is 12.3 Å². The minimum absolute atomic E-state index is 0.0144. The van der Waals surface area contributed by atoms with E-state index in [1.807, 2.05) is 13.8 Å². The maximum absolute atomic E-state index is 11.1. The molecule has 0 aromatic heterocycles. The van der Waals surface area contributed by atoms with Gasteiger partial charge in [0.25, 0.3) is 0 Å². The SMILES string of the molecule is C=C(OC(C)OCC)C(=O)OCCC. The first-order chi connectivity index (χ1) is 6.61. The number of ether oxygens (including phenoxy) is 3. The molecule has 0 aliphatic heterocycles. The highest BCUT2D eigenvalue weighted by molar-refractivity contribution is 5.85. The fourth-order valence-corrected chi connectivity index (χ4v) is 0.792. The minimum Gasteiger partial charge on any atom is -0.460 e. The first-order valence-corrected chi connectivity index (χ1v) is 4.76. The van der Waals surface area contributed by atoms with Gasteiger partial charge < -0.3 is 14.2 Å². The molecule has 4 nitrogen and oxygen atoms in total. The zero-order valence-corrected chi connectivity index (χ0v) is 9.04. The molecule has 0 saturated carbocycles. The van der Waals surface area contributed by atoms with Gasteiger partial charge in [0.15, 0.2) is 12.0 Å². The van der Waals surface area contributed by atoms with Gasteiger partial charge in [0, 0.05) is 6.61 Å². The predicted molar refractivity (Wildman–Crippen MR) is 52.6 cm³/mol. The molecule has 0 bridgehead atoms. The van der Waals surface area contributed by atoms with Crippen LogP contribution in [0.5, 0.6) is 0 Å². The van der Waals surface area contributed by atoms with E-state index in [0.29, 0.717) is 13.2 Å². The molecule has 0 spiro atoms. The van der Waals surface area contributed by atoms with Crippen molar-refractivity contribution in [1.29, 1.82) is 0 Å². The van der Waals surface area contributed by atoms with Crippen LogP contribution in [0.4, 0.5) is 0 Å². The van der Waals surface area contributed by atoms with Crippen molar-refractivity contribution < 1.29 is 19.0 Å². The standard InChI is InChI=1S/C10H18O4/c1-5-7-13-10(11)8(3)14-9(4)12-6-2/h9H,3,5-7H2,1-2,4H3. The van der Waals surface area contributed by atoms with Gasteiger partial charge in [-0.25, -0.2) is 4.79 Å². The third kappa shape index (κ3) is 5.59. The molecule has 0 fully saturated rings. The van der Waals surface area contributed by atoms with Crippen molar-refractivity contribution in [2.24, 2.45) is 0 Å². The van der Waals surface area contributed by atoms with E-state index in [1.54, 1.807) is 6.92 Å². The summed E-state index contributed by atoms with van der Waals surface area (Å²) in [5.74, 6) is -0.544. The summed E-state index contributed by atoms with van der Waals surface area (Å²) in [6.07, 6.45) is 0.307. The Kier molecular flexibility index (Phi) is 6.84. The van der Waals surface area contributed by atoms with Gasteiger partial charge in [-0.15, -0.1) is 0 Å². The maximum atomic E-state index is 11.1. The Balaban J connectivity index is 3.77. The average Bonchev–Trinajstić information content (AvgIpc) is 2.14. The van der Waals surface area contributed by atoms with Gasteiger partial charge in [-0.3, -0.25) is 0 Å². The number of hydrogen-bond donors (Lipinski definition) is 0. The van der Waals surface area contributed by atoms with E-state index in [2.05, 4.69) is 6.58 Å². The van der Waals surface area contributed by atoms with Crippen molar-refractivity contribution in [3.8, 4) is 0 Å². The summed E-state index contributed by atoms with van der Waals surface area (Å²) < 4.78 is 14.9. The second kappa shape index (κ2) is 7.38. The average molecular weight is 202 g/mol. The lowest BCUT2D eigenvalue weighted by molar-refractivity contribution is -0.153. The van der Waals surface area contributed by atoms with Crippen LogP contribution < -0.4 is 0 Å². The van der Waals surface area contributed by atoms with E-state index >= 15 is 0 Å². The van der Waals surface area contributed by atoms with Crippen LogP contribution in [0.2, 0.25) is 0 Å². The Labute approximate surface area is 84.8 Å². The zero-order chi connectivity index (χ0) is 11.0. The van der Waals surface area contributed by atoms with Crippen molar-refractivity contribution in [3.05, 3.63) is 12.3 Å². The van der Waals surface area contributed by atoms with Crippen molar-refractivity contribution in [2.45, 2.75) is 33.5 Å². The highest BCUT2D eigenvalue weighted by atomic mass is 16.7. The molecule has 0 saturated heterocycles. The maximum Gasteiger partial charge on any atom is 0.373 e. The number of carbonyl (C=O) groups is 1. The fraction of sp³-hybridized carbons (Fsp3) is 0.700. The first-order valence-electron chi connectivity index (χ1n) is 4.76. The van der Waals surface area contributed by atoms with Crippen LogP contribution in [0.3, 0.4) is 0 Å². The Hall–Kier alpha value is -1.03. The predicted octanol–water partition coefficient (Wildman–Crippen LogP) is 1.85. The van der Waals surface area contributed by atoms with Crippen LogP contribution in [0.25, 0.3) is 0 Å². The third-order valence-electron chi connectivity index (χ3n) is 1.37. The highest BCUT2D eigenvalue weighted by Gasteiger charge is 2.12. The van der Waals surface area contributed by atoms with Gasteiger partial charge in [-0.2, -0.15) is 0 Å². The summed E-state index contributed by atoms with van der Waals surface area (Å²) in [5, 5.41) is 0. The lowest BCUT2D eigenvalue weighted by Gasteiger charge is -2.14. The van der Waals surface area contributed by atoms with Crippen LogP contribution in [0, 0.1) is 0 Å². The van der Waals surface area contributed by atoms with E-state index < -0.39 is 12.3 Å². The third-order valence-corrected chi connectivity index (χ3v) is 1.37. The van der Waals surface area contributed by atoms with Crippen LogP contribution in [-0.2, 0) is 19.0 Å². The van der Waals surface area contributed by atoms with Crippen molar-refractivity contribution in [2.75, 3.05) is 13.2 Å². The molecule has 14 heavy (non-hydrogen) atoms. The van der Waals surface area contributed by atoms with Gasteiger partial charge in [-0.05, 0) is 26.8 Å². The van der Waals surface area contributed by atoms with E-state index in [0.717, 1.165) is 6.42 Å². The van der Waals surface area contributed by atoms with Crippen LogP contribution in [0.1, 0.15) is 27.2 Å². The second-order valence-electron chi connectivity index (χ2n) is 2.70. The quantitative estimate of drug-likeness (QED) is 0.273. The number of rotatable bonds is 7. The molecule has 0 aliphatic carbocycles. The summed E-state index contributed by atoms with van der Waals surface area (Å²) in [7, 11) is 0. The molecule has 0 rings (SSSR count). The van der Waals surface area contributed by atoms with E-state index in [1.165, 1.54) is 0 Å². The Morgan fingerprint density at radius 2 is 2.07 bits per heavy atom. The van der Waals surface area contributed by atoms with Crippen LogP contribution in [-0.4, -0.2) is 25.5 Å². The second-order valence-corrected chi connectivity index (χ2v) is 2.70. The molecule has 0 heterocycles. The first kappa shape index (κ1) is 13.0. The van der Waals surface area contributed by atoms with Gasteiger partial charge >= 0.3 is 5.97 Å². The molecule has 1 atom stereocenters. The summed E-state index contributed by atoms with van der Waals surface area (Å²) in [6, 6.07) is 0. The van der Waals surface area contributed by atoms with Crippen molar-refractivity contribution in [1.82, 2.24) is 0 Å². The summed E-state index contributed by atoms with van der Waals surface area (Å²) in [4.78, 5) is 11.1. The van der Waals surface area contributed by atoms with E-state index in [-0.39, 0.29) is 5.76 Å². The molecular formula is C10H18O4. The molecule has 0 radical (unpaired) electrons. The fourth-order valence-electron chi connectivity index (χ4n) is 0.792. The monoisotopic (exact) mass is 202 g/mol. The minimum atomic E-state index is -0.529. The lowest BCUT2D eigenvalue weighted by atomic mass is 10.5. The smallest absolute Gasteiger partial charge is 0.373 e. The Morgan fingerprint density at radius 3 is 2.57 bits per heavy atom. The molecule has 0 N–H and O–H groups in total. The molecule has 0 aromatic rings. The molecule has 0 amide bonds. The Bertz CT molecular complexity index is 189. The lowest BCUT2D eigenvalue weighted by Crippen LogP contribution is -2.18.